The summed E-state index contributed by atoms with van der Waals surface area (Å²) in [7, 11) is -3.34. The Labute approximate surface area is 148 Å². The van der Waals surface area contributed by atoms with E-state index in [2.05, 4.69) is 19.8 Å². The van der Waals surface area contributed by atoms with Crippen molar-refractivity contribution in [1.82, 2.24) is 14.9 Å². The molecule has 0 atom stereocenters. The number of rotatable bonds is 7. The van der Waals surface area contributed by atoms with Crippen molar-refractivity contribution in [3.63, 3.8) is 0 Å². The minimum Gasteiger partial charge on any atom is -0.492 e. The molecule has 2 aromatic rings. The maximum Gasteiger partial charge on any atom is 0.215 e. The van der Waals surface area contributed by atoms with Gasteiger partial charge in [-0.3, -0.25) is 5.10 Å². The smallest absolute Gasteiger partial charge is 0.215 e. The van der Waals surface area contributed by atoms with Gasteiger partial charge in [0.05, 0.1) is 5.75 Å². The van der Waals surface area contributed by atoms with E-state index in [9.17, 15) is 8.42 Å². The monoisotopic (exact) mass is 364 g/mol. The molecule has 2 N–H and O–H groups in total. The van der Waals surface area contributed by atoms with Crippen molar-refractivity contribution >= 4 is 15.8 Å². The molecule has 0 radical (unpaired) electrons. The average molecular weight is 364 g/mol. The van der Waals surface area contributed by atoms with E-state index in [0.717, 1.165) is 37.4 Å². The molecule has 2 heterocycles. The summed E-state index contributed by atoms with van der Waals surface area (Å²) in [6.45, 7) is 3.69. The van der Waals surface area contributed by atoms with Crippen LogP contribution in [0.3, 0.4) is 0 Å². The Balaban J connectivity index is 1.42. The zero-order valence-corrected chi connectivity index (χ0v) is 15.1. The fourth-order valence-corrected chi connectivity index (χ4v) is 4.06. The largest absolute Gasteiger partial charge is 0.492 e. The maximum absolute atomic E-state index is 12.2. The molecule has 0 bridgehead atoms. The highest BCUT2D eigenvalue weighted by Gasteiger charge is 2.24. The van der Waals surface area contributed by atoms with Gasteiger partial charge in [0, 0.05) is 30.9 Å². The van der Waals surface area contributed by atoms with Gasteiger partial charge in [-0.15, -0.1) is 0 Å². The predicted molar refractivity (Wildman–Crippen MR) is 97.4 cm³/mol. The van der Waals surface area contributed by atoms with Crippen molar-refractivity contribution in [1.29, 1.82) is 0 Å². The Morgan fingerprint density at radius 2 is 2.00 bits per heavy atom. The molecule has 1 aromatic heterocycles. The summed E-state index contributed by atoms with van der Waals surface area (Å²) in [5, 5.41) is 7.19. The highest BCUT2D eigenvalue weighted by atomic mass is 32.2. The molecule has 1 aromatic carbocycles. The second-order valence-corrected chi connectivity index (χ2v) is 8.14. The number of hydrogen-bond donors (Lipinski definition) is 2. The topological polar surface area (TPSA) is 87.3 Å². The first kappa shape index (κ1) is 17.8. The molecule has 7 nitrogen and oxygen atoms in total. The number of ether oxygens (including phenoxy) is 1. The summed E-state index contributed by atoms with van der Waals surface area (Å²) in [5.41, 5.74) is 1.02. The number of aromatic amines is 1. The molecule has 0 saturated carbocycles. The Morgan fingerprint density at radius 3 is 2.64 bits per heavy atom. The maximum atomic E-state index is 12.2. The van der Waals surface area contributed by atoms with Gasteiger partial charge in [-0.25, -0.2) is 13.1 Å². The SMILES string of the molecule is Cc1cc(N2CCC(NS(=O)(=O)CCOc3ccccc3)CC2)n[nH]1. The van der Waals surface area contributed by atoms with Crippen LogP contribution in [0.5, 0.6) is 5.75 Å². The summed E-state index contributed by atoms with van der Waals surface area (Å²) in [6.07, 6.45) is 1.54. The first-order valence-corrected chi connectivity index (χ1v) is 10.1. The highest BCUT2D eigenvalue weighted by Crippen LogP contribution is 2.18. The molecule has 136 valence electrons. The van der Waals surface area contributed by atoms with Crippen molar-refractivity contribution in [2.75, 3.05) is 30.3 Å². The Morgan fingerprint density at radius 1 is 1.28 bits per heavy atom. The van der Waals surface area contributed by atoms with Gasteiger partial charge in [-0.1, -0.05) is 18.2 Å². The van der Waals surface area contributed by atoms with Gasteiger partial charge in [0.1, 0.15) is 12.4 Å². The van der Waals surface area contributed by atoms with Gasteiger partial charge in [-0.2, -0.15) is 5.10 Å². The third-order valence-electron chi connectivity index (χ3n) is 4.22. The molecule has 3 rings (SSSR count). The third-order valence-corrected chi connectivity index (χ3v) is 5.62. The van der Waals surface area contributed by atoms with Gasteiger partial charge < -0.3 is 9.64 Å². The molecule has 1 saturated heterocycles. The number of aromatic nitrogens is 2. The van der Waals surface area contributed by atoms with Gasteiger partial charge >= 0.3 is 0 Å². The average Bonchev–Trinajstić information content (AvgIpc) is 3.02. The minimum atomic E-state index is -3.34. The van der Waals surface area contributed by atoms with E-state index >= 15 is 0 Å². The van der Waals surface area contributed by atoms with E-state index < -0.39 is 10.0 Å². The first-order chi connectivity index (χ1) is 12.0. The molecule has 0 aliphatic carbocycles. The van der Waals surface area contributed by atoms with E-state index in [1.807, 2.05) is 43.3 Å². The predicted octanol–water partition coefficient (Wildman–Crippen LogP) is 1.69. The molecular formula is C17H24N4O3S. The zero-order valence-electron chi connectivity index (χ0n) is 14.3. The van der Waals surface area contributed by atoms with Gasteiger partial charge in [0.25, 0.3) is 0 Å². The summed E-state index contributed by atoms with van der Waals surface area (Å²) in [4.78, 5) is 2.17. The van der Waals surface area contributed by atoms with Crippen LogP contribution in [0.15, 0.2) is 36.4 Å². The van der Waals surface area contributed by atoms with Gasteiger partial charge in [0.15, 0.2) is 5.82 Å². The Kier molecular flexibility index (Phi) is 5.60. The lowest BCUT2D eigenvalue weighted by molar-refractivity contribution is 0.339. The first-order valence-electron chi connectivity index (χ1n) is 8.47. The number of para-hydroxylation sites is 1. The van der Waals surface area contributed by atoms with Gasteiger partial charge in [-0.05, 0) is 31.9 Å². The number of nitrogens with zero attached hydrogens (tertiary/aromatic N) is 2. The molecule has 0 spiro atoms. The number of H-pyrrole nitrogens is 1. The van der Waals surface area contributed by atoms with Crippen LogP contribution in [0.2, 0.25) is 0 Å². The van der Waals surface area contributed by atoms with Crippen LogP contribution in [0.4, 0.5) is 5.82 Å². The van der Waals surface area contributed by atoms with E-state index in [0.29, 0.717) is 5.75 Å². The van der Waals surface area contributed by atoms with Crippen LogP contribution in [-0.2, 0) is 10.0 Å². The molecule has 25 heavy (non-hydrogen) atoms. The standard InChI is InChI=1S/C17H24N4O3S/c1-14-13-17(19-18-14)21-9-7-15(8-10-21)20-25(22,23)12-11-24-16-5-3-2-4-6-16/h2-6,13,15,20H,7-12H2,1H3,(H,18,19). The molecule has 1 fully saturated rings. The summed E-state index contributed by atoms with van der Waals surface area (Å²) < 4.78 is 32.7. The lowest BCUT2D eigenvalue weighted by Crippen LogP contribution is -2.45. The van der Waals surface area contributed by atoms with Crippen molar-refractivity contribution in [3.8, 4) is 5.75 Å². The minimum absolute atomic E-state index is 0.0296. The van der Waals surface area contributed by atoms with Crippen molar-refractivity contribution < 1.29 is 13.2 Å². The molecular weight excluding hydrogens is 340 g/mol. The summed E-state index contributed by atoms with van der Waals surface area (Å²) in [5.74, 6) is 1.57. The number of anilines is 1. The summed E-state index contributed by atoms with van der Waals surface area (Å²) in [6, 6.07) is 11.2. The van der Waals surface area contributed by atoms with E-state index in [-0.39, 0.29) is 18.4 Å². The van der Waals surface area contributed by atoms with E-state index in [1.165, 1.54) is 0 Å². The van der Waals surface area contributed by atoms with Crippen LogP contribution in [0.25, 0.3) is 0 Å². The zero-order chi connectivity index (χ0) is 17.7. The number of piperidine rings is 1. The van der Waals surface area contributed by atoms with Crippen LogP contribution in [0.1, 0.15) is 18.5 Å². The molecule has 0 amide bonds. The number of aryl methyl sites for hydroxylation is 1. The van der Waals surface area contributed by atoms with E-state index in [4.69, 9.17) is 4.74 Å². The molecule has 1 aliphatic rings. The fourth-order valence-electron chi connectivity index (χ4n) is 2.89. The summed E-state index contributed by atoms with van der Waals surface area (Å²) >= 11 is 0. The lowest BCUT2D eigenvalue weighted by Gasteiger charge is -2.32. The second-order valence-electron chi connectivity index (χ2n) is 6.27. The number of benzene rings is 1. The molecule has 0 unspecified atom stereocenters. The fraction of sp³-hybridized carbons (Fsp3) is 0.471. The highest BCUT2D eigenvalue weighted by molar-refractivity contribution is 7.89. The normalized spacial score (nSPS) is 16.1. The Bertz CT molecular complexity index is 768. The number of hydrogen-bond acceptors (Lipinski definition) is 5. The Hall–Kier alpha value is -2.06. The van der Waals surface area contributed by atoms with Gasteiger partial charge in [0.2, 0.25) is 10.0 Å². The quantitative estimate of drug-likeness (QED) is 0.781. The van der Waals surface area contributed by atoms with E-state index in [1.54, 1.807) is 0 Å². The molecule has 1 aliphatic heterocycles. The van der Waals surface area contributed by atoms with Crippen molar-refractivity contribution in [2.45, 2.75) is 25.8 Å². The molecule has 8 heteroatoms. The second kappa shape index (κ2) is 7.88. The van der Waals surface area contributed by atoms with Crippen LogP contribution in [0, 0.1) is 6.92 Å². The lowest BCUT2D eigenvalue weighted by atomic mass is 10.1. The van der Waals surface area contributed by atoms with Crippen LogP contribution < -0.4 is 14.4 Å². The number of nitrogens with one attached hydrogen (secondary N) is 2. The van der Waals surface area contributed by atoms with Crippen LogP contribution in [-0.4, -0.2) is 50.1 Å². The van der Waals surface area contributed by atoms with Crippen molar-refractivity contribution in [2.24, 2.45) is 0 Å². The number of sulfonamides is 1. The third kappa shape index (κ3) is 5.20. The van der Waals surface area contributed by atoms with Crippen molar-refractivity contribution in [3.05, 3.63) is 42.1 Å². The van der Waals surface area contributed by atoms with Crippen LogP contribution >= 0.6 is 0 Å².